The molecule has 0 aromatic heterocycles. The molecule has 0 aliphatic rings. The zero-order valence-electron chi connectivity index (χ0n) is 20.9. The molecule has 154 valence electrons. The van der Waals surface area contributed by atoms with Gasteiger partial charge in [0.15, 0.2) is 0 Å². The van der Waals surface area contributed by atoms with Crippen molar-refractivity contribution in [3.63, 3.8) is 0 Å². The van der Waals surface area contributed by atoms with Gasteiger partial charge in [0.2, 0.25) is 0 Å². The van der Waals surface area contributed by atoms with Crippen molar-refractivity contribution in [1.29, 1.82) is 0 Å². The summed E-state index contributed by atoms with van der Waals surface area (Å²) >= 11 is 0. The van der Waals surface area contributed by atoms with Crippen LogP contribution in [0.15, 0.2) is 0 Å². The second-order valence-electron chi connectivity index (χ2n) is 4.36. The SMILES string of the molecule is O=C([O-])CN(CCN(CC(=O)[O-])CC(=O)[O-])CC(=O)[O-].O=P([O-])([O-])[O-].[Cl-].[Na+].[Na+].[Na+].[Na+].[Na+].[Na+].[Na+].[Na+]. The summed E-state index contributed by atoms with van der Waals surface area (Å²) in [7, 11) is -5.39. The van der Waals surface area contributed by atoms with Crippen LogP contribution < -0.4 is 284 Å². The molecule has 0 aliphatic heterocycles. The van der Waals surface area contributed by atoms with Gasteiger partial charge < -0.3 is 71.3 Å². The Kier molecular flexibility index (Phi) is 93.0. The van der Waals surface area contributed by atoms with Gasteiger partial charge in [-0.3, -0.25) is 9.80 Å². The number of hydrogen-bond acceptors (Lipinski definition) is 14. The van der Waals surface area contributed by atoms with Gasteiger partial charge in [0.05, 0.1) is 23.9 Å². The largest absolute Gasteiger partial charge is 1.00 e. The standard InChI is InChI=1S/C10H16N2O8.ClH.8Na.H3O4P/c13-7(14)3-11(4-8(15)16)1-2-12(5-9(17)18)6-10(19)20;;;;;;;;;;1-5(2,3)4/h1-6H2,(H,13,14)(H,15,16)(H,17,18)(H,19,20);1H;;;;;;;;;(H3,1,2,3,4)/q;;8*+1;/p-8. The Morgan fingerprint density at radius 1 is 0.500 bits per heavy atom. The van der Waals surface area contributed by atoms with Crippen LogP contribution in [0.1, 0.15) is 0 Å². The van der Waals surface area contributed by atoms with Gasteiger partial charge in [-0.05, 0) is 0 Å². The van der Waals surface area contributed by atoms with Crippen molar-refractivity contribution in [2.75, 3.05) is 39.3 Å². The monoisotopic (exact) mass is 602 g/mol. The van der Waals surface area contributed by atoms with E-state index in [9.17, 15) is 39.6 Å². The molecule has 0 amide bonds. The van der Waals surface area contributed by atoms with E-state index in [1.807, 2.05) is 0 Å². The minimum Gasteiger partial charge on any atom is -1.00 e. The summed E-state index contributed by atoms with van der Waals surface area (Å²) in [6.45, 7) is -3.25. The van der Waals surface area contributed by atoms with Gasteiger partial charge in [-0.15, -0.1) is 0 Å². The van der Waals surface area contributed by atoms with Crippen LogP contribution in [0.4, 0.5) is 0 Å². The Labute approximate surface area is 380 Å². The fourth-order valence-corrected chi connectivity index (χ4v) is 1.44. The second kappa shape index (κ2) is 43.7. The molecule has 0 N–H and O–H groups in total. The van der Waals surface area contributed by atoms with Gasteiger partial charge in [0.25, 0.3) is 0 Å². The Morgan fingerprint density at radius 2 is 0.618 bits per heavy atom. The van der Waals surface area contributed by atoms with E-state index in [4.69, 9.17) is 19.2 Å². The molecule has 0 atom stereocenters. The van der Waals surface area contributed by atoms with Gasteiger partial charge in [-0.25, -0.2) is 0 Å². The Hall–Kier alpha value is 6.20. The summed E-state index contributed by atoms with van der Waals surface area (Å²) < 4.78 is 8.55. The number of halogens is 1. The van der Waals surface area contributed by atoms with E-state index in [1.54, 1.807) is 0 Å². The molecule has 0 aromatic carbocycles. The van der Waals surface area contributed by atoms with Crippen molar-refractivity contribution in [1.82, 2.24) is 9.80 Å². The molecule has 0 radical (unpaired) electrons. The summed E-state index contributed by atoms with van der Waals surface area (Å²) in [6, 6.07) is 0. The van der Waals surface area contributed by atoms with Crippen molar-refractivity contribution in [3.8, 4) is 0 Å². The third-order valence-electron chi connectivity index (χ3n) is 2.14. The quantitative estimate of drug-likeness (QED) is 0.157. The molecule has 0 aromatic rings. The van der Waals surface area contributed by atoms with Gasteiger partial charge in [-0.1, -0.05) is 0 Å². The van der Waals surface area contributed by atoms with E-state index < -0.39 is 57.9 Å². The van der Waals surface area contributed by atoms with Crippen LogP contribution in [0.2, 0.25) is 0 Å². The van der Waals surface area contributed by atoms with Crippen molar-refractivity contribution in [3.05, 3.63) is 0 Å². The molecule has 0 heterocycles. The minimum atomic E-state index is -5.39. The van der Waals surface area contributed by atoms with E-state index in [2.05, 4.69) is 0 Å². The van der Waals surface area contributed by atoms with Crippen LogP contribution in [0.5, 0.6) is 0 Å². The van der Waals surface area contributed by atoms with Gasteiger partial charge >= 0.3 is 236 Å². The fraction of sp³-hybridized carbons (Fsp3) is 0.600. The number of carbonyl (C=O) groups excluding carboxylic acids is 4. The number of hydrogen-bond donors (Lipinski definition) is 0. The molecule has 0 unspecified atom stereocenters. The van der Waals surface area contributed by atoms with Gasteiger partial charge in [0.1, 0.15) is 0 Å². The van der Waals surface area contributed by atoms with Crippen LogP contribution in [-0.4, -0.2) is 72.9 Å². The average Bonchev–Trinajstić information content (AvgIpc) is 2.30. The zero-order valence-corrected chi connectivity index (χ0v) is 38.5. The van der Waals surface area contributed by atoms with E-state index >= 15 is 0 Å². The molecular weight excluding hydrogens is 590 g/mol. The molecule has 0 saturated carbocycles. The van der Waals surface area contributed by atoms with E-state index in [0.29, 0.717) is 0 Å². The number of carbonyl (C=O) groups is 4. The number of rotatable bonds is 11. The number of phosphoric acid groups is 1. The first-order valence-corrected chi connectivity index (χ1v) is 7.64. The van der Waals surface area contributed by atoms with Crippen LogP contribution in [-0.2, 0) is 23.7 Å². The molecule has 0 spiro atoms. The van der Waals surface area contributed by atoms with Gasteiger partial charge in [-0.2, -0.15) is 7.82 Å². The Balaban J connectivity index is -0.0000000382. The maximum Gasteiger partial charge on any atom is 1.00 e. The maximum atomic E-state index is 10.4. The minimum absolute atomic E-state index is 0. The average molecular weight is 603 g/mol. The van der Waals surface area contributed by atoms with E-state index in [0.717, 1.165) is 9.80 Å². The first-order valence-electron chi connectivity index (χ1n) is 6.17. The molecular formula is C10H12ClN2Na8O12P. The molecule has 24 heteroatoms. The van der Waals surface area contributed by atoms with Crippen molar-refractivity contribution in [2.24, 2.45) is 0 Å². The third kappa shape index (κ3) is 71.5. The first kappa shape index (κ1) is 72.4. The summed E-state index contributed by atoms with van der Waals surface area (Å²) in [6.07, 6.45) is 0. The second-order valence-corrected chi connectivity index (χ2v) is 5.25. The number of aliphatic carboxylic acids is 4. The summed E-state index contributed by atoms with van der Waals surface area (Å²) in [4.78, 5) is 69.1. The normalized spacial score (nSPS) is 8.03. The molecule has 0 fully saturated rings. The summed E-state index contributed by atoms with van der Waals surface area (Å²) in [5, 5.41) is 41.6. The zero-order chi connectivity index (χ0) is 20.2. The fourth-order valence-electron chi connectivity index (χ4n) is 1.44. The van der Waals surface area contributed by atoms with Crippen LogP contribution in [0.25, 0.3) is 0 Å². The predicted molar refractivity (Wildman–Crippen MR) is 60.5 cm³/mol. The van der Waals surface area contributed by atoms with Crippen molar-refractivity contribution < 1.29 is 308 Å². The van der Waals surface area contributed by atoms with Gasteiger partial charge in [0, 0.05) is 39.3 Å². The predicted octanol–water partition coefficient (Wildman–Crippen LogP) is -37.2. The van der Waals surface area contributed by atoms with E-state index in [-0.39, 0.29) is 262 Å². The molecule has 0 bridgehead atoms. The Bertz CT molecular complexity index is 475. The topological polar surface area (TPSA) is 253 Å². The number of carboxylic acid groups (broad SMARTS) is 4. The van der Waals surface area contributed by atoms with Crippen molar-refractivity contribution in [2.45, 2.75) is 0 Å². The van der Waals surface area contributed by atoms with Crippen LogP contribution >= 0.6 is 7.82 Å². The van der Waals surface area contributed by atoms with Crippen LogP contribution in [0.3, 0.4) is 0 Å². The molecule has 0 aliphatic carbocycles. The molecule has 34 heavy (non-hydrogen) atoms. The first-order chi connectivity index (χ1) is 11.2. The molecule has 0 saturated heterocycles. The van der Waals surface area contributed by atoms with E-state index in [1.165, 1.54) is 0 Å². The number of carboxylic acids is 4. The Morgan fingerprint density at radius 3 is 0.706 bits per heavy atom. The number of nitrogens with zero attached hydrogens (tertiary/aromatic N) is 2. The maximum absolute atomic E-state index is 10.4. The molecule has 0 rings (SSSR count). The summed E-state index contributed by atoms with van der Waals surface area (Å²) in [5.74, 6) is -6.12. The summed E-state index contributed by atoms with van der Waals surface area (Å²) in [5.41, 5.74) is 0. The smallest absolute Gasteiger partial charge is 1.00 e. The van der Waals surface area contributed by atoms with Crippen LogP contribution in [0, 0.1) is 0 Å². The molecule has 14 nitrogen and oxygen atoms in total. The third-order valence-corrected chi connectivity index (χ3v) is 2.14. The van der Waals surface area contributed by atoms with Crippen molar-refractivity contribution >= 4 is 31.7 Å².